The lowest BCUT2D eigenvalue weighted by Crippen LogP contribution is -2.40. The van der Waals surface area contributed by atoms with Crippen LogP contribution in [0.5, 0.6) is 0 Å². The van der Waals surface area contributed by atoms with E-state index in [1.54, 1.807) is 25.1 Å². The lowest BCUT2D eigenvalue weighted by molar-refractivity contribution is -0.111. The molecule has 178 valence electrons. The summed E-state index contributed by atoms with van der Waals surface area (Å²) >= 11 is 1.34. The van der Waals surface area contributed by atoms with Crippen LogP contribution in [0.15, 0.2) is 35.2 Å². The van der Waals surface area contributed by atoms with Crippen molar-refractivity contribution in [3.05, 3.63) is 51.9 Å². The molecule has 0 bridgehead atoms. The second-order valence-corrected chi connectivity index (χ2v) is 10.5. The number of nitrogens with one attached hydrogen (secondary N) is 1. The molecule has 1 aliphatic heterocycles. The van der Waals surface area contributed by atoms with Crippen LogP contribution in [-0.2, 0) is 30.7 Å². The maximum absolute atomic E-state index is 12.7. The van der Waals surface area contributed by atoms with Gasteiger partial charge in [0.15, 0.2) is 0 Å². The van der Waals surface area contributed by atoms with Crippen molar-refractivity contribution in [3.8, 4) is 0 Å². The van der Waals surface area contributed by atoms with Crippen LogP contribution < -0.4 is 5.32 Å². The van der Waals surface area contributed by atoms with Crippen LogP contribution in [0.4, 0.5) is 5.00 Å². The Balaban J connectivity index is 1.71. The highest BCUT2D eigenvalue weighted by atomic mass is 32.2. The Morgan fingerprint density at radius 3 is 2.45 bits per heavy atom. The number of morpholine rings is 1. The second-order valence-electron chi connectivity index (χ2n) is 7.32. The normalized spacial score (nSPS) is 15.0. The Morgan fingerprint density at radius 1 is 1.18 bits per heavy atom. The first kappa shape index (κ1) is 25.1. The van der Waals surface area contributed by atoms with Gasteiger partial charge in [0.25, 0.3) is 0 Å². The molecule has 1 saturated heterocycles. The van der Waals surface area contributed by atoms with E-state index in [1.165, 1.54) is 33.9 Å². The summed E-state index contributed by atoms with van der Waals surface area (Å²) in [4.78, 5) is 26.1. The summed E-state index contributed by atoms with van der Waals surface area (Å²) in [5.74, 6) is -0.843. The Labute approximate surface area is 198 Å². The topological polar surface area (TPSA) is 102 Å². The van der Waals surface area contributed by atoms with Gasteiger partial charge in [-0.2, -0.15) is 4.31 Å². The summed E-state index contributed by atoms with van der Waals surface area (Å²) in [5, 5.41) is 3.23. The third kappa shape index (κ3) is 5.89. The Hall–Kier alpha value is -2.53. The van der Waals surface area contributed by atoms with Gasteiger partial charge in [-0.1, -0.05) is 19.1 Å². The fourth-order valence-electron chi connectivity index (χ4n) is 3.52. The first-order valence-electron chi connectivity index (χ1n) is 10.7. The summed E-state index contributed by atoms with van der Waals surface area (Å²) in [6, 6.07) is 6.34. The minimum absolute atomic E-state index is 0.200. The zero-order valence-electron chi connectivity index (χ0n) is 18.9. The molecule has 10 heteroatoms. The number of carbonyl (C=O) groups excluding carboxylic acids is 2. The van der Waals surface area contributed by atoms with Crippen molar-refractivity contribution in [1.29, 1.82) is 0 Å². The lowest BCUT2D eigenvalue weighted by Gasteiger charge is -2.26. The average Bonchev–Trinajstić information content (AvgIpc) is 3.13. The van der Waals surface area contributed by atoms with Crippen molar-refractivity contribution >= 4 is 44.3 Å². The number of hydrogen-bond donors (Lipinski definition) is 1. The number of carbonyl (C=O) groups is 2. The van der Waals surface area contributed by atoms with Crippen LogP contribution in [0.2, 0.25) is 0 Å². The maximum Gasteiger partial charge on any atom is 0.341 e. The van der Waals surface area contributed by atoms with Crippen LogP contribution in [-0.4, -0.2) is 57.5 Å². The van der Waals surface area contributed by atoms with Crippen LogP contribution >= 0.6 is 11.3 Å². The van der Waals surface area contributed by atoms with E-state index in [9.17, 15) is 18.0 Å². The number of amides is 1. The molecule has 1 amide bonds. The van der Waals surface area contributed by atoms with E-state index >= 15 is 0 Å². The molecular weight excluding hydrogens is 464 g/mol. The molecule has 2 heterocycles. The highest BCUT2D eigenvalue weighted by molar-refractivity contribution is 7.89. The standard InChI is InChI=1S/C23H28N2O6S2/c1-4-19-16(3)32-22(21(19)23(27)31-5-2)24-20(26)11-8-17-6-9-18(10-7-17)33(28,29)25-12-14-30-15-13-25/h6-11H,4-5,12-15H2,1-3H3,(H,24,26)/b11-8+. The summed E-state index contributed by atoms with van der Waals surface area (Å²) in [6.45, 7) is 7.28. The number of thiophene rings is 1. The highest BCUT2D eigenvalue weighted by Gasteiger charge is 2.26. The molecule has 1 aliphatic rings. The molecule has 0 aliphatic carbocycles. The van der Waals surface area contributed by atoms with Gasteiger partial charge in [-0.3, -0.25) is 4.79 Å². The van der Waals surface area contributed by atoms with Crippen LogP contribution in [0, 0.1) is 6.92 Å². The number of rotatable bonds is 8. The van der Waals surface area contributed by atoms with E-state index in [2.05, 4.69) is 5.32 Å². The van der Waals surface area contributed by atoms with E-state index in [1.807, 2.05) is 13.8 Å². The van der Waals surface area contributed by atoms with Gasteiger partial charge in [0.05, 0.1) is 30.3 Å². The maximum atomic E-state index is 12.7. The predicted octanol–water partition coefficient (Wildman–Crippen LogP) is 3.47. The van der Waals surface area contributed by atoms with Crippen molar-refractivity contribution in [1.82, 2.24) is 4.31 Å². The molecule has 0 radical (unpaired) electrons. The van der Waals surface area contributed by atoms with E-state index in [4.69, 9.17) is 9.47 Å². The van der Waals surface area contributed by atoms with Crippen LogP contribution in [0.1, 0.15) is 40.2 Å². The highest BCUT2D eigenvalue weighted by Crippen LogP contribution is 2.34. The predicted molar refractivity (Wildman–Crippen MR) is 128 cm³/mol. The quantitative estimate of drug-likeness (QED) is 0.447. The SMILES string of the molecule is CCOC(=O)c1c(NC(=O)/C=C/c2ccc(S(=O)(=O)N3CCOCC3)cc2)sc(C)c1CC. The number of esters is 1. The number of benzene rings is 1. The first-order chi connectivity index (χ1) is 15.8. The molecule has 1 aromatic heterocycles. The van der Waals surface area contributed by atoms with Gasteiger partial charge in [0, 0.05) is 24.0 Å². The Bertz CT molecular complexity index is 1130. The molecule has 0 unspecified atom stereocenters. The van der Waals surface area contributed by atoms with Crippen LogP contribution in [0.3, 0.4) is 0 Å². The van der Waals surface area contributed by atoms with Gasteiger partial charge in [-0.15, -0.1) is 11.3 Å². The van der Waals surface area contributed by atoms with Crippen molar-refractivity contribution in [2.75, 3.05) is 38.2 Å². The Kier molecular flexibility index (Phi) is 8.41. The van der Waals surface area contributed by atoms with Gasteiger partial charge in [0.2, 0.25) is 15.9 Å². The molecule has 0 atom stereocenters. The van der Waals surface area contributed by atoms with Crippen molar-refractivity contribution < 1.29 is 27.5 Å². The molecule has 1 aromatic carbocycles. The number of sulfonamides is 1. The summed E-state index contributed by atoms with van der Waals surface area (Å²) in [5.41, 5.74) is 1.95. The molecule has 33 heavy (non-hydrogen) atoms. The van der Waals surface area contributed by atoms with Gasteiger partial charge < -0.3 is 14.8 Å². The molecular formula is C23H28N2O6S2. The first-order valence-corrected chi connectivity index (χ1v) is 13.0. The van der Waals surface area contributed by atoms with Crippen molar-refractivity contribution in [2.45, 2.75) is 32.1 Å². The molecule has 0 spiro atoms. The lowest BCUT2D eigenvalue weighted by atomic mass is 10.1. The molecule has 3 rings (SSSR count). The number of nitrogens with zero attached hydrogens (tertiary/aromatic N) is 1. The van der Waals surface area contributed by atoms with E-state index in [0.717, 1.165) is 10.4 Å². The number of aryl methyl sites for hydroxylation is 1. The van der Waals surface area contributed by atoms with Gasteiger partial charge in [-0.25, -0.2) is 13.2 Å². The van der Waals surface area contributed by atoms with Crippen LogP contribution in [0.25, 0.3) is 6.08 Å². The summed E-state index contributed by atoms with van der Waals surface area (Å²) in [6.07, 6.45) is 3.59. The third-order valence-electron chi connectivity index (χ3n) is 5.19. The van der Waals surface area contributed by atoms with E-state index < -0.39 is 21.9 Å². The zero-order chi connectivity index (χ0) is 24.0. The minimum atomic E-state index is -3.57. The fourth-order valence-corrected chi connectivity index (χ4v) is 6.07. The molecule has 1 fully saturated rings. The molecule has 1 N–H and O–H groups in total. The Morgan fingerprint density at radius 2 is 1.85 bits per heavy atom. The zero-order valence-corrected chi connectivity index (χ0v) is 20.6. The van der Waals surface area contributed by atoms with Crippen molar-refractivity contribution in [3.63, 3.8) is 0 Å². The third-order valence-corrected chi connectivity index (χ3v) is 8.17. The fraction of sp³-hybridized carbons (Fsp3) is 0.391. The monoisotopic (exact) mass is 492 g/mol. The minimum Gasteiger partial charge on any atom is -0.462 e. The molecule has 2 aromatic rings. The van der Waals surface area contributed by atoms with E-state index in [0.29, 0.717) is 48.9 Å². The number of ether oxygens (including phenoxy) is 2. The summed E-state index contributed by atoms with van der Waals surface area (Å²) in [7, 11) is -3.57. The molecule has 8 nitrogen and oxygen atoms in total. The van der Waals surface area contributed by atoms with Crippen molar-refractivity contribution in [2.24, 2.45) is 0 Å². The average molecular weight is 493 g/mol. The number of anilines is 1. The smallest absolute Gasteiger partial charge is 0.341 e. The van der Waals surface area contributed by atoms with Gasteiger partial charge in [-0.05, 0) is 49.6 Å². The van der Waals surface area contributed by atoms with Gasteiger partial charge >= 0.3 is 5.97 Å². The molecule has 0 saturated carbocycles. The number of hydrogen-bond acceptors (Lipinski definition) is 7. The summed E-state index contributed by atoms with van der Waals surface area (Å²) < 4.78 is 37.2. The van der Waals surface area contributed by atoms with Gasteiger partial charge in [0.1, 0.15) is 5.00 Å². The second kappa shape index (κ2) is 11.1. The largest absolute Gasteiger partial charge is 0.462 e. The van der Waals surface area contributed by atoms with E-state index in [-0.39, 0.29) is 11.5 Å².